The van der Waals surface area contributed by atoms with Crippen molar-refractivity contribution >= 4 is 24.8 Å². The number of methoxy groups -OCH3 is 3. The molecule has 0 spiro atoms. The minimum Gasteiger partial charge on any atom is -0.497 e. The Balaban J connectivity index is 0.00000204. The summed E-state index contributed by atoms with van der Waals surface area (Å²) in [5, 5.41) is 0. The first-order valence-electron chi connectivity index (χ1n) is 11.6. The highest BCUT2D eigenvalue weighted by molar-refractivity contribution is 5.85. The van der Waals surface area contributed by atoms with Crippen molar-refractivity contribution in [2.24, 2.45) is 5.92 Å². The van der Waals surface area contributed by atoms with Crippen molar-refractivity contribution in [1.29, 1.82) is 0 Å². The molecule has 2 aromatic rings. The van der Waals surface area contributed by atoms with Crippen molar-refractivity contribution in [3.63, 3.8) is 0 Å². The lowest BCUT2D eigenvalue weighted by Crippen LogP contribution is -2.35. The summed E-state index contributed by atoms with van der Waals surface area (Å²) in [4.78, 5) is 5.20. The van der Waals surface area contributed by atoms with Gasteiger partial charge >= 0.3 is 0 Å². The molecule has 2 heterocycles. The molecular formula is C26H38Cl2N2O4. The fraction of sp³-hybridized carbons (Fsp3) is 0.538. The fourth-order valence-corrected chi connectivity index (χ4v) is 4.88. The number of nitrogens with zero attached hydrogens (tertiary/aromatic N) is 2. The smallest absolute Gasteiger partial charge is 0.161 e. The van der Waals surface area contributed by atoms with Crippen LogP contribution in [0.5, 0.6) is 23.0 Å². The minimum atomic E-state index is 0. The van der Waals surface area contributed by atoms with Gasteiger partial charge in [0.15, 0.2) is 11.5 Å². The van der Waals surface area contributed by atoms with Gasteiger partial charge in [-0.3, -0.25) is 4.90 Å². The number of fused-ring (bicyclic) bond motifs is 1. The van der Waals surface area contributed by atoms with E-state index >= 15 is 0 Å². The highest BCUT2D eigenvalue weighted by atomic mass is 35.5. The van der Waals surface area contributed by atoms with Crippen LogP contribution in [0.2, 0.25) is 0 Å². The third-order valence-corrected chi connectivity index (χ3v) is 6.63. The molecule has 1 unspecified atom stereocenters. The predicted octanol–water partition coefficient (Wildman–Crippen LogP) is 4.71. The molecule has 34 heavy (non-hydrogen) atoms. The Labute approximate surface area is 216 Å². The maximum absolute atomic E-state index is 5.87. The summed E-state index contributed by atoms with van der Waals surface area (Å²) in [5.41, 5.74) is 2.77. The number of hydrogen-bond donors (Lipinski definition) is 0. The molecule has 0 saturated carbocycles. The average molecular weight is 514 g/mol. The van der Waals surface area contributed by atoms with E-state index in [4.69, 9.17) is 18.9 Å². The van der Waals surface area contributed by atoms with E-state index in [-0.39, 0.29) is 24.8 Å². The van der Waals surface area contributed by atoms with Gasteiger partial charge in [0.25, 0.3) is 0 Å². The van der Waals surface area contributed by atoms with Gasteiger partial charge in [-0.1, -0.05) is 0 Å². The summed E-state index contributed by atoms with van der Waals surface area (Å²) in [5.74, 6) is 4.18. The highest BCUT2D eigenvalue weighted by Gasteiger charge is 2.26. The second-order valence-electron chi connectivity index (χ2n) is 8.79. The van der Waals surface area contributed by atoms with Crippen molar-refractivity contribution in [2.45, 2.75) is 25.8 Å². The second kappa shape index (κ2) is 13.9. The number of hydrogen-bond acceptors (Lipinski definition) is 6. The lowest BCUT2D eigenvalue weighted by molar-refractivity contribution is 0.206. The zero-order chi connectivity index (χ0) is 22.3. The molecule has 4 rings (SSSR count). The third-order valence-electron chi connectivity index (χ3n) is 6.63. The molecule has 2 aliphatic heterocycles. The number of likely N-dealkylation sites (tertiary alicyclic amines) is 1. The normalized spacial score (nSPS) is 17.8. The van der Waals surface area contributed by atoms with Gasteiger partial charge < -0.3 is 23.8 Å². The molecule has 2 aromatic carbocycles. The van der Waals surface area contributed by atoms with Gasteiger partial charge in [-0.2, -0.15) is 0 Å². The van der Waals surface area contributed by atoms with Crippen molar-refractivity contribution in [3.8, 4) is 23.0 Å². The van der Waals surface area contributed by atoms with E-state index in [1.54, 1.807) is 21.3 Å². The Morgan fingerprint density at radius 1 is 0.824 bits per heavy atom. The van der Waals surface area contributed by atoms with Crippen LogP contribution in [0.25, 0.3) is 0 Å². The standard InChI is InChI=1S/C26H36N2O4.2ClH/c1-29-23-5-7-24(8-6-23)32-14-4-11-27-12-9-20(17-27)18-28-13-10-21-15-25(30-2)26(31-3)16-22(21)19-28;;/h5-8,15-16,20H,4,9-14,17-19H2,1-3H3;2*1H. The second-order valence-corrected chi connectivity index (χ2v) is 8.79. The number of rotatable bonds is 10. The molecule has 1 saturated heterocycles. The van der Waals surface area contributed by atoms with Crippen LogP contribution in [-0.2, 0) is 13.0 Å². The molecule has 190 valence electrons. The number of halogens is 2. The summed E-state index contributed by atoms with van der Waals surface area (Å²) in [6, 6.07) is 12.1. The van der Waals surface area contributed by atoms with Crippen LogP contribution in [0.15, 0.2) is 36.4 Å². The molecule has 1 fully saturated rings. The van der Waals surface area contributed by atoms with E-state index < -0.39 is 0 Å². The monoisotopic (exact) mass is 512 g/mol. The topological polar surface area (TPSA) is 43.4 Å². The molecule has 0 aromatic heterocycles. The van der Waals surface area contributed by atoms with Crippen LogP contribution >= 0.6 is 24.8 Å². The van der Waals surface area contributed by atoms with Crippen LogP contribution < -0.4 is 18.9 Å². The molecule has 1 atom stereocenters. The van der Waals surface area contributed by atoms with Crippen LogP contribution in [-0.4, -0.2) is 70.5 Å². The van der Waals surface area contributed by atoms with Gasteiger partial charge in [0.1, 0.15) is 11.5 Å². The lowest BCUT2D eigenvalue weighted by atomic mass is 9.97. The van der Waals surface area contributed by atoms with Gasteiger partial charge in [0.05, 0.1) is 27.9 Å². The first-order chi connectivity index (χ1) is 15.7. The fourth-order valence-electron chi connectivity index (χ4n) is 4.88. The Hall–Kier alpha value is -1.86. The zero-order valence-electron chi connectivity index (χ0n) is 20.5. The third kappa shape index (κ3) is 7.32. The van der Waals surface area contributed by atoms with E-state index in [1.165, 1.54) is 37.2 Å². The van der Waals surface area contributed by atoms with Crippen LogP contribution in [0.3, 0.4) is 0 Å². The summed E-state index contributed by atoms with van der Waals surface area (Å²) in [6.07, 6.45) is 3.42. The van der Waals surface area contributed by atoms with Gasteiger partial charge in [0.2, 0.25) is 0 Å². The molecule has 2 aliphatic rings. The molecule has 6 nitrogen and oxygen atoms in total. The minimum absolute atomic E-state index is 0. The zero-order valence-corrected chi connectivity index (χ0v) is 22.1. The SMILES string of the molecule is COc1ccc(OCCCN2CCC(CN3CCc4cc(OC)c(OC)cc4C3)C2)cc1.Cl.Cl. The van der Waals surface area contributed by atoms with Crippen LogP contribution in [0, 0.1) is 5.92 Å². The highest BCUT2D eigenvalue weighted by Crippen LogP contribution is 2.33. The van der Waals surface area contributed by atoms with Gasteiger partial charge in [0, 0.05) is 32.7 Å². The Bertz CT molecular complexity index is 882. The van der Waals surface area contributed by atoms with E-state index in [1.807, 2.05) is 24.3 Å². The van der Waals surface area contributed by atoms with Crippen LogP contribution in [0.4, 0.5) is 0 Å². The van der Waals surface area contributed by atoms with Crippen molar-refractivity contribution < 1.29 is 18.9 Å². The van der Waals surface area contributed by atoms with Gasteiger partial charge in [-0.25, -0.2) is 0 Å². The van der Waals surface area contributed by atoms with Crippen molar-refractivity contribution in [3.05, 3.63) is 47.5 Å². The van der Waals surface area contributed by atoms with Gasteiger partial charge in [-0.15, -0.1) is 24.8 Å². The average Bonchev–Trinajstić information content (AvgIpc) is 3.28. The number of benzene rings is 2. The first kappa shape index (κ1) is 28.4. The molecule has 8 heteroatoms. The molecule has 0 N–H and O–H groups in total. The summed E-state index contributed by atoms with van der Waals surface area (Å²) >= 11 is 0. The molecule has 0 amide bonds. The molecular weight excluding hydrogens is 475 g/mol. The number of ether oxygens (including phenoxy) is 4. The van der Waals surface area contributed by atoms with Gasteiger partial charge in [-0.05, 0) is 79.3 Å². The maximum atomic E-state index is 5.87. The Morgan fingerprint density at radius 2 is 1.50 bits per heavy atom. The largest absolute Gasteiger partial charge is 0.497 e. The van der Waals surface area contributed by atoms with Crippen molar-refractivity contribution in [2.75, 3.05) is 60.7 Å². The maximum Gasteiger partial charge on any atom is 0.161 e. The van der Waals surface area contributed by atoms with Crippen LogP contribution in [0.1, 0.15) is 24.0 Å². The Morgan fingerprint density at radius 3 is 2.18 bits per heavy atom. The predicted molar refractivity (Wildman–Crippen MR) is 141 cm³/mol. The lowest BCUT2D eigenvalue weighted by Gasteiger charge is -2.31. The summed E-state index contributed by atoms with van der Waals surface area (Å²) in [6.45, 7) is 7.54. The van der Waals surface area contributed by atoms with E-state index in [9.17, 15) is 0 Å². The molecule has 0 bridgehead atoms. The van der Waals surface area contributed by atoms with E-state index in [0.29, 0.717) is 0 Å². The molecule has 0 radical (unpaired) electrons. The quantitative estimate of drug-likeness (QED) is 0.429. The first-order valence-corrected chi connectivity index (χ1v) is 11.6. The van der Waals surface area contributed by atoms with E-state index in [0.717, 1.165) is 68.0 Å². The summed E-state index contributed by atoms with van der Waals surface area (Å²) in [7, 11) is 5.09. The van der Waals surface area contributed by atoms with E-state index in [2.05, 4.69) is 21.9 Å². The molecule has 0 aliphatic carbocycles. The summed E-state index contributed by atoms with van der Waals surface area (Å²) < 4.78 is 22.0. The Kier molecular flexibility index (Phi) is 11.6. The van der Waals surface area contributed by atoms with Crippen molar-refractivity contribution in [1.82, 2.24) is 9.80 Å².